The Kier molecular flexibility index (Phi) is 7.92. The molecule has 0 saturated carbocycles. The molecule has 0 aliphatic heterocycles. The summed E-state index contributed by atoms with van der Waals surface area (Å²) in [7, 11) is 0. The summed E-state index contributed by atoms with van der Waals surface area (Å²) in [6, 6.07) is 9.95. The van der Waals surface area contributed by atoms with E-state index in [0.29, 0.717) is 17.8 Å². The van der Waals surface area contributed by atoms with Crippen LogP contribution in [0.5, 0.6) is 0 Å². The first kappa shape index (κ1) is 23.4. The highest BCUT2D eigenvalue weighted by Crippen LogP contribution is 2.27. The Morgan fingerprint density at radius 1 is 1.09 bits per heavy atom. The summed E-state index contributed by atoms with van der Waals surface area (Å²) in [6.45, 7) is 9.01. The second-order valence-electron chi connectivity index (χ2n) is 8.66. The molecule has 2 aromatic heterocycles. The van der Waals surface area contributed by atoms with Crippen LogP contribution < -0.4 is 10.9 Å². The minimum absolute atomic E-state index is 0.168. The van der Waals surface area contributed by atoms with Crippen LogP contribution in [-0.2, 0) is 11.2 Å². The first-order chi connectivity index (χ1) is 15.4. The molecule has 0 saturated heterocycles. The van der Waals surface area contributed by atoms with Gasteiger partial charge >= 0.3 is 0 Å². The normalized spacial score (nSPS) is 11.7. The summed E-state index contributed by atoms with van der Waals surface area (Å²) in [6.07, 6.45) is 8.84. The maximum Gasteiger partial charge on any atom is 0.265 e. The van der Waals surface area contributed by atoms with Crippen LogP contribution in [0.4, 0.5) is 0 Å². The fourth-order valence-electron chi connectivity index (χ4n) is 3.57. The standard InChI is InChI=1S/C26H32N4O2/c1-18(2)20-15-22(19(3)4)25-23(16-20)26(32)30(17-29-25)14-11-24(31)28-13-8-6-10-21-9-5-7-12-27-21/h5,7,9,11-12,14-19H,6,8,10,13H2,1-4H3,(H,28,31)/b14-11+. The van der Waals surface area contributed by atoms with Gasteiger partial charge in [-0.15, -0.1) is 0 Å². The van der Waals surface area contributed by atoms with Crippen molar-refractivity contribution >= 4 is 23.0 Å². The smallest absolute Gasteiger partial charge is 0.265 e. The molecule has 0 bridgehead atoms. The van der Waals surface area contributed by atoms with Crippen LogP contribution in [0, 0.1) is 0 Å². The largest absolute Gasteiger partial charge is 0.353 e. The van der Waals surface area contributed by atoms with Gasteiger partial charge in [-0.2, -0.15) is 0 Å². The molecule has 6 heteroatoms. The van der Waals surface area contributed by atoms with E-state index in [1.54, 1.807) is 6.20 Å². The zero-order valence-corrected chi connectivity index (χ0v) is 19.3. The summed E-state index contributed by atoms with van der Waals surface area (Å²) in [5.41, 5.74) is 3.81. The molecule has 0 fully saturated rings. The quantitative estimate of drug-likeness (QED) is 0.394. The van der Waals surface area contributed by atoms with Crippen LogP contribution in [0.15, 0.2) is 53.7 Å². The molecule has 3 aromatic rings. The van der Waals surface area contributed by atoms with Crippen molar-refractivity contribution in [2.45, 2.75) is 58.8 Å². The molecule has 32 heavy (non-hydrogen) atoms. The van der Waals surface area contributed by atoms with Gasteiger partial charge in [-0.1, -0.05) is 39.8 Å². The number of carbonyl (C=O) groups is 1. The molecule has 1 amide bonds. The van der Waals surface area contributed by atoms with Gasteiger partial charge in [-0.05, 0) is 60.4 Å². The zero-order chi connectivity index (χ0) is 23.1. The fraction of sp³-hybridized carbons (Fsp3) is 0.385. The van der Waals surface area contributed by atoms with E-state index in [1.165, 1.54) is 23.2 Å². The summed E-state index contributed by atoms with van der Waals surface area (Å²) in [5, 5.41) is 3.45. The predicted molar refractivity (Wildman–Crippen MR) is 130 cm³/mol. The van der Waals surface area contributed by atoms with Crippen molar-refractivity contribution in [1.82, 2.24) is 19.9 Å². The summed E-state index contributed by atoms with van der Waals surface area (Å²) in [5.74, 6) is 0.343. The van der Waals surface area contributed by atoms with Crippen LogP contribution in [0.25, 0.3) is 17.1 Å². The average molecular weight is 433 g/mol. The van der Waals surface area contributed by atoms with Gasteiger partial charge in [0.25, 0.3) is 5.56 Å². The van der Waals surface area contributed by atoms with Crippen molar-refractivity contribution in [2.24, 2.45) is 0 Å². The van der Waals surface area contributed by atoms with E-state index >= 15 is 0 Å². The van der Waals surface area contributed by atoms with Gasteiger partial charge in [0.05, 0.1) is 10.9 Å². The van der Waals surface area contributed by atoms with E-state index < -0.39 is 0 Å². The first-order valence-electron chi connectivity index (χ1n) is 11.3. The number of fused-ring (bicyclic) bond motifs is 1. The maximum atomic E-state index is 13.1. The number of nitrogens with zero attached hydrogens (tertiary/aromatic N) is 3. The van der Waals surface area contributed by atoms with Crippen molar-refractivity contribution in [1.29, 1.82) is 0 Å². The minimum atomic E-state index is -0.228. The molecule has 3 rings (SSSR count). The Balaban J connectivity index is 1.65. The third-order valence-corrected chi connectivity index (χ3v) is 5.50. The minimum Gasteiger partial charge on any atom is -0.353 e. The number of aromatic nitrogens is 3. The van der Waals surface area contributed by atoms with Gasteiger partial charge in [0, 0.05) is 30.7 Å². The number of hydrogen-bond donors (Lipinski definition) is 1. The lowest BCUT2D eigenvalue weighted by Gasteiger charge is -2.14. The van der Waals surface area contributed by atoms with Crippen molar-refractivity contribution < 1.29 is 4.79 Å². The Labute approximate surface area is 189 Å². The Morgan fingerprint density at radius 3 is 2.59 bits per heavy atom. The lowest BCUT2D eigenvalue weighted by molar-refractivity contribution is -0.116. The lowest BCUT2D eigenvalue weighted by Crippen LogP contribution is -2.23. The SMILES string of the molecule is CC(C)c1cc(C(C)C)c2ncn(/C=C/C(=O)NCCCCc3ccccn3)c(=O)c2c1. The van der Waals surface area contributed by atoms with E-state index in [1.807, 2.05) is 24.3 Å². The number of aryl methyl sites for hydroxylation is 1. The van der Waals surface area contributed by atoms with Gasteiger partial charge in [0.15, 0.2) is 0 Å². The summed E-state index contributed by atoms with van der Waals surface area (Å²) >= 11 is 0. The van der Waals surface area contributed by atoms with E-state index in [9.17, 15) is 9.59 Å². The molecule has 1 N–H and O–H groups in total. The number of unbranched alkanes of at least 4 members (excludes halogenated alkanes) is 1. The van der Waals surface area contributed by atoms with Crippen LogP contribution in [0.1, 0.15) is 69.2 Å². The van der Waals surface area contributed by atoms with Crippen LogP contribution in [0.2, 0.25) is 0 Å². The van der Waals surface area contributed by atoms with Crippen molar-refractivity contribution in [2.75, 3.05) is 6.54 Å². The molecule has 168 valence electrons. The first-order valence-corrected chi connectivity index (χ1v) is 11.3. The summed E-state index contributed by atoms with van der Waals surface area (Å²) < 4.78 is 1.37. The second-order valence-corrected chi connectivity index (χ2v) is 8.66. The van der Waals surface area contributed by atoms with Gasteiger partial charge in [0.1, 0.15) is 6.33 Å². The molecular weight excluding hydrogens is 400 g/mol. The van der Waals surface area contributed by atoms with Gasteiger partial charge in [-0.25, -0.2) is 4.98 Å². The number of hydrogen-bond acceptors (Lipinski definition) is 4. The van der Waals surface area contributed by atoms with E-state index in [4.69, 9.17) is 0 Å². The molecule has 0 unspecified atom stereocenters. The van der Waals surface area contributed by atoms with Crippen LogP contribution in [-0.4, -0.2) is 27.0 Å². The number of benzene rings is 1. The van der Waals surface area contributed by atoms with Crippen molar-refractivity contribution in [3.05, 3.63) is 76.1 Å². The van der Waals surface area contributed by atoms with Crippen LogP contribution >= 0.6 is 0 Å². The Hall–Kier alpha value is -3.28. The molecule has 6 nitrogen and oxygen atoms in total. The zero-order valence-electron chi connectivity index (χ0n) is 19.3. The van der Waals surface area contributed by atoms with E-state index in [0.717, 1.165) is 41.6 Å². The van der Waals surface area contributed by atoms with Crippen molar-refractivity contribution in [3.63, 3.8) is 0 Å². The van der Waals surface area contributed by atoms with Gasteiger partial charge in [-0.3, -0.25) is 19.1 Å². The molecule has 0 aliphatic rings. The Morgan fingerprint density at radius 2 is 1.91 bits per heavy atom. The van der Waals surface area contributed by atoms with Crippen molar-refractivity contribution in [3.8, 4) is 0 Å². The fourth-order valence-corrected chi connectivity index (χ4v) is 3.57. The van der Waals surface area contributed by atoms with E-state index in [2.05, 4.69) is 49.0 Å². The average Bonchev–Trinajstić information content (AvgIpc) is 2.78. The number of amides is 1. The molecule has 2 heterocycles. The monoisotopic (exact) mass is 432 g/mol. The number of carbonyl (C=O) groups excluding carboxylic acids is 1. The maximum absolute atomic E-state index is 13.1. The number of rotatable bonds is 9. The topological polar surface area (TPSA) is 76.9 Å². The Bertz CT molecular complexity index is 1150. The van der Waals surface area contributed by atoms with Gasteiger partial charge in [0.2, 0.25) is 5.91 Å². The molecule has 0 atom stereocenters. The second kappa shape index (κ2) is 10.8. The third kappa shape index (κ3) is 5.90. The highest BCUT2D eigenvalue weighted by atomic mass is 16.1. The van der Waals surface area contributed by atoms with Crippen LogP contribution in [0.3, 0.4) is 0 Å². The molecule has 1 aromatic carbocycles. The predicted octanol–water partition coefficient (Wildman–Crippen LogP) is 4.65. The molecule has 0 radical (unpaired) electrons. The highest BCUT2D eigenvalue weighted by molar-refractivity contribution is 5.90. The molecular formula is C26H32N4O2. The van der Waals surface area contributed by atoms with E-state index in [-0.39, 0.29) is 17.4 Å². The lowest BCUT2D eigenvalue weighted by atomic mass is 9.93. The molecule has 0 spiro atoms. The third-order valence-electron chi connectivity index (χ3n) is 5.50. The number of nitrogens with one attached hydrogen (secondary N) is 1. The van der Waals surface area contributed by atoms with Gasteiger partial charge < -0.3 is 5.32 Å². The number of pyridine rings is 1. The highest BCUT2D eigenvalue weighted by Gasteiger charge is 2.14. The molecule has 0 aliphatic carbocycles. The summed E-state index contributed by atoms with van der Waals surface area (Å²) in [4.78, 5) is 34.1.